The third-order valence-electron chi connectivity index (χ3n) is 3.73. The van der Waals surface area contributed by atoms with Gasteiger partial charge in [0.2, 0.25) is 5.91 Å². The molecule has 1 atom stereocenters. The highest BCUT2D eigenvalue weighted by molar-refractivity contribution is 5.80. The number of nitrogens with two attached hydrogens (primary N) is 1. The second kappa shape index (κ2) is 4.12. The Morgan fingerprint density at radius 2 is 1.89 bits per heavy atom. The van der Waals surface area contributed by atoms with Crippen molar-refractivity contribution in [3.8, 4) is 0 Å². The summed E-state index contributed by atoms with van der Waals surface area (Å²) in [5, 5.41) is 2.90. The fourth-order valence-corrected chi connectivity index (χ4v) is 3.07. The Kier molecular flexibility index (Phi) is 3.01. The molecule has 0 unspecified atom stereocenters. The Morgan fingerprint density at radius 1 is 1.28 bits per heavy atom. The summed E-state index contributed by atoms with van der Waals surface area (Å²) in [6.45, 7) is 5.48. The fourth-order valence-electron chi connectivity index (χ4n) is 3.07. The number of ether oxygens (including phenoxy) is 1. The molecular formula is C12H21N3O3. The fraction of sp³-hybridized carbons (Fsp3) is 0.833. The van der Waals surface area contributed by atoms with Gasteiger partial charge in [0.15, 0.2) is 0 Å². The molecule has 2 amide bonds. The number of fused-ring (bicyclic) bond motifs is 1. The highest BCUT2D eigenvalue weighted by Gasteiger charge is 2.59. The third-order valence-corrected chi connectivity index (χ3v) is 3.73. The van der Waals surface area contributed by atoms with Crippen LogP contribution in [-0.2, 0) is 9.53 Å². The van der Waals surface area contributed by atoms with Crippen LogP contribution in [0.1, 0.15) is 40.0 Å². The minimum atomic E-state index is -0.503. The number of rotatable bonds is 2. The normalized spacial score (nSPS) is 33.6. The van der Waals surface area contributed by atoms with Crippen LogP contribution in [0.3, 0.4) is 0 Å². The SMILES string of the molecule is CC(C)(C)OC(=O)NC12CC(C1)[C@H](C(=O)NN)C2. The number of alkyl carbamates (subject to hydrolysis) is 1. The molecule has 0 saturated heterocycles. The summed E-state index contributed by atoms with van der Waals surface area (Å²) in [4.78, 5) is 23.3. The lowest BCUT2D eigenvalue weighted by atomic mass is 9.76. The average Bonchev–Trinajstić information content (AvgIpc) is 2.67. The van der Waals surface area contributed by atoms with Crippen LogP contribution in [0.5, 0.6) is 0 Å². The van der Waals surface area contributed by atoms with E-state index in [1.54, 1.807) is 0 Å². The first kappa shape index (κ1) is 13.1. The lowest BCUT2D eigenvalue weighted by molar-refractivity contribution is -0.125. The summed E-state index contributed by atoms with van der Waals surface area (Å²) >= 11 is 0. The second-order valence-electron chi connectivity index (χ2n) is 6.39. The molecule has 0 aromatic heterocycles. The Morgan fingerprint density at radius 3 is 2.39 bits per heavy atom. The molecule has 3 aliphatic rings. The molecule has 0 aliphatic heterocycles. The standard InChI is InChI=1S/C12H21N3O3/c1-11(2,3)18-10(17)14-12-4-7(5-12)8(6-12)9(16)15-13/h7-8H,4-6,13H2,1-3H3,(H,14,17)(H,15,16)/t7?,8-,12?/m1/s1. The molecule has 3 fully saturated rings. The van der Waals surface area contributed by atoms with Gasteiger partial charge in [-0.2, -0.15) is 0 Å². The van der Waals surface area contributed by atoms with Gasteiger partial charge in [0.05, 0.1) is 0 Å². The Balaban J connectivity index is 1.90. The largest absolute Gasteiger partial charge is 0.444 e. The van der Waals surface area contributed by atoms with Crippen LogP contribution < -0.4 is 16.6 Å². The van der Waals surface area contributed by atoms with Gasteiger partial charge >= 0.3 is 6.09 Å². The van der Waals surface area contributed by atoms with Crippen LogP contribution >= 0.6 is 0 Å². The molecule has 0 aromatic carbocycles. The summed E-state index contributed by atoms with van der Waals surface area (Å²) in [5.74, 6) is 5.27. The van der Waals surface area contributed by atoms with E-state index in [4.69, 9.17) is 10.6 Å². The first-order valence-corrected chi connectivity index (χ1v) is 6.26. The number of hydrazine groups is 1. The Hall–Kier alpha value is -1.30. The Labute approximate surface area is 107 Å². The lowest BCUT2D eigenvalue weighted by Gasteiger charge is -2.39. The van der Waals surface area contributed by atoms with Gasteiger partial charge in [-0.05, 0) is 46.0 Å². The highest BCUT2D eigenvalue weighted by Crippen LogP contribution is 2.55. The molecule has 3 aliphatic carbocycles. The van der Waals surface area contributed by atoms with Gasteiger partial charge in [-0.3, -0.25) is 10.2 Å². The monoisotopic (exact) mass is 255 g/mol. The zero-order valence-corrected chi connectivity index (χ0v) is 11.1. The molecule has 3 rings (SSSR count). The van der Waals surface area contributed by atoms with Crippen molar-refractivity contribution in [3.63, 3.8) is 0 Å². The lowest BCUT2D eigenvalue weighted by Crippen LogP contribution is -2.53. The molecule has 0 radical (unpaired) electrons. The maximum Gasteiger partial charge on any atom is 0.408 e. The van der Waals surface area contributed by atoms with Gasteiger partial charge in [-0.1, -0.05) is 0 Å². The number of nitrogens with one attached hydrogen (secondary N) is 2. The average molecular weight is 255 g/mol. The van der Waals surface area contributed by atoms with Gasteiger partial charge in [0.1, 0.15) is 5.60 Å². The van der Waals surface area contributed by atoms with Gasteiger partial charge in [0, 0.05) is 11.5 Å². The molecular weight excluding hydrogens is 234 g/mol. The number of hydrogen-bond donors (Lipinski definition) is 3. The predicted octanol–water partition coefficient (Wildman–Crippen LogP) is 0.670. The van der Waals surface area contributed by atoms with Crippen molar-refractivity contribution < 1.29 is 14.3 Å². The first-order valence-electron chi connectivity index (χ1n) is 6.26. The molecule has 0 spiro atoms. The van der Waals surface area contributed by atoms with Crippen LogP contribution in [-0.4, -0.2) is 23.1 Å². The first-order chi connectivity index (χ1) is 8.25. The van der Waals surface area contributed by atoms with Crippen molar-refractivity contribution in [2.75, 3.05) is 0 Å². The van der Waals surface area contributed by atoms with E-state index in [1.807, 2.05) is 20.8 Å². The molecule has 6 nitrogen and oxygen atoms in total. The number of hydrogen-bond acceptors (Lipinski definition) is 4. The molecule has 0 aromatic rings. The van der Waals surface area contributed by atoms with E-state index in [0.717, 1.165) is 12.8 Å². The number of carbonyl (C=O) groups excluding carboxylic acids is 2. The third kappa shape index (κ3) is 2.43. The van der Waals surface area contributed by atoms with Crippen molar-refractivity contribution in [3.05, 3.63) is 0 Å². The molecule has 3 saturated carbocycles. The molecule has 4 N–H and O–H groups in total. The van der Waals surface area contributed by atoms with E-state index in [0.29, 0.717) is 12.3 Å². The van der Waals surface area contributed by atoms with Gasteiger partial charge in [-0.25, -0.2) is 10.6 Å². The minimum Gasteiger partial charge on any atom is -0.444 e. The summed E-state index contributed by atoms with van der Waals surface area (Å²) in [6, 6.07) is 0. The van der Waals surface area contributed by atoms with E-state index in [9.17, 15) is 9.59 Å². The molecule has 6 heteroatoms. The van der Waals surface area contributed by atoms with E-state index in [-0.39, 0.29) is 17.4 Å². The topological polar surface area (TPSA) is 93.4 Å². The number of amides is 2. The van der Waals surface area contributed by atoms with E-state index in [1.165, 1.54) is 0 Å². The summed E-state index contributed by atoms with van der Waals surface area (Å²) in [5.41, 5.74) is 1.43. The molecule has 0 heterocycles. The zero-order valence-electron chi connectivity index (χ0n) is 11.1. The van der Waals surface area contributed by atoms with Crippen molar-refractivity contribution in [2.24, 2.45) is 17.7 Å². The predicted molar refractivity (Wildman–Crippen MR) is 65.3 cm³/mol. The van der Waals surface area contributed by atoms with Gasteiger partial charge in [-0.15, -0.1) is 0 Å². The van der Waals surface area contributed by atoms with E-state index < -0.39 is 11.7 Å². The van der Waals surface area contributed by atoms with Crippen LogP contribution in [0.2, 0.25) is 0 Å². The molecule has 2 bridgehead atoms. The second-order valence-corrected chi connectivity index (χ2v) is 6.39. The molecule has 102 valence electrons. The zero-order chi connectivity index (χ0) is 13.6. The number of carbonyl (C=O) groups is 2. The Bertz CT molecular complexity index is 369. The highest BCUT2D eigenvalue weighted by atomic mass is 16.6. The maximum absolute atomic E-state index is 11.7. The van der Waals surface area contributed by atoms with Crippen molar-refractivity contribution in [2.45, 2.75) is 51.2 Å². The van der Waals surface area contributed by atoms with Crippen LogP contribution in [0.15, 0.2) is 0 Å². The van der Waals surface area contributed by atoms with Gasteiger partial charge < -0.3 is 10.1 Å². The van der Waals surface area contributed by atoms with Crippen molar-refractivity contribution in [1.82, 2.24) is 10.7 Å². The van der Waals surface area contributed by atoms with Crippen molar-refractivity contribution >= 4 is 12.0 Å². The summed E-state index contributed by atoms with van der Waals surface area (Å²) in [6.07, 6.45) is 1.92. The van der Waals surface area contributed by atoms with Crippen LogP contribution in [0.4, 0.5) is 4.79 Å². The summed E-state index contributed by atoms with van der Waals surface area (Å²) < 4.78 is 5.24. The van der Waals surface area contributed by atoms with Crippen LogP contribution in [0.25, 0.3) is 0 Å². The van der Waals surface area contributed by atoms with E-state index >= 15 is 0 Å². The van der Waals surface area contributed by atoms with Crippen LogP contribution in [0, 0.1) is 11.8 Å². The quantitative estimate of drug-likeness (QED) is 0.384. The maximum atomic E-state index is 11.7. The minimum absolute atomic E-state index is 0.0788. The van der Waals surface area contributed by atoms with Gasteiger partial charge in [0.25, 0.3) is 0 Å². The van der Waals surface area contributed by atoms with Crippen molar-refractivity contribution in [1.29, 1.82) is 0 Å². The summed E-state index contributed by atoms with van der Waals surface area (Å²) in [7, 11) is 0. The van der Waals surface area contributed by atoms with E-state index in [2.05, 4.69) is 10.7 Å². The molecule has 18 heavy (non-hydrogen) atoms. The smallest absolute Gasteiger partial charge is 0.408 e.